The summed E-state index contributed by atoms with van der Waals surface area (Å²) in [5, 5.41) is 17.4. The molecule has 5 aromatic rings. The molecule has 4 N–H and O–H groups in total. The number of hydrogen-bond acceptors (Lipinski definition) is 10. The molecule has 0 bridgehead atoms. The number of aryl methyl sites for hydroxylation is 1. The number of hydrogen-bond donors (Lipinski definition) is 4. The van der Waals surface area contributed by atoms with E-state index in [-0.39, 0.29) is 62.7 Å². The van der Waals surface area contributed by atoms with Gasteiger partial charge in [-0.1, -0.05) is 63.2 Å². The van der Waals surface area contributed by atoms with Crippen molar-refractivity contribution in [3.63, 3.8) is 0 Å². The fourth-order valence-corrected chi connectivity index (χ4v) is 10.3. The van der Waals surface area contributed by atoms with Gasteiger partial charge < -0.3 is 39.8 Å². The van der Waals surface area contributed by atoms with E-state index in [1.807, 2.05) is 95.0 Å². The Morgan fingerprint density at radius 3 is 2.29 bits per heavy atom. The normalized spacial score (nSPS) is 19.5. The van der Waals surface area contributed by atoms with E-state index in [2.05, 4.69) is 20.6 Å². The lowest BCUT2D eigenvalue weighted by Crippen LogP contribution is -2.58. The van der Waals surface area contributed by atoms with Crippen LogP contribution >= 0.6 is 11.3 Å². The van der Waals surface area contributed by atoms with Crippen LogP contribution in [0, 0.1) is 24.0 Å². The molecule has 3 amide bonds. The highest BCUT2D eigenvalue weighted by molar-refractivity contribution is 7.13. The summed E-state index contributed by atoms with van der Waals surface area (Å²) in [4.78, 5) is 52.8. The number of fused-ring (bicyclic) bond motifs is 3. The number of nitrogens with one attached hydrogen (secondary N) is 3. The Hall–Kier alpha value is -5.33. The van der Waals surface area contributed by atoms with E-state index >= 15 is 13.2 Å². The predicted octanol–water partition coefficient (Wildman–Crippen LogP) is 8.52. The van der Waals surface area contributed by atoms with Gasteiger partial charge in [-0.05, 0) is 75.6 Å². The summed E-state index contributed by atoms with van der Waals surface area (Å²) in [6, 6.07) is 14.6. The van der Waals surface area contributed by atoms with Gasteiger partial charge in [-0.2, -0.15) is 0 Å². The minimum absolute atomic E-state index is 0.0184. The Labute approximate surface area is 412 Å². The summed E-state index contributed by atoms with van der Waals surface area (Å²) >= 11 is 1.56. The van der Waals surface area contributed by atoms with Crippen molar-refractivity contribution < 1.29 is 46.9 Å². The lowest BCUT2D eigenvalue weighted by atomic mass is 9.85. The standard InChI is InChI=1S/C53H67F3N6O7S/c1-31-23-39-38-13-9-10-14-42(38)59-46(39)47(62(31)29-53(7,8)56)45-40(54)25-37(26-41(45)55)69-22-12-20-67-19-11-21-68-28-44(64)60-49(52(4,5)6)51(66)61-27-36(63)24-43(61)50(65)58-32(2)34-15-17-35(18-16-34)48-33(3)57-30-70-48/h9-10,13-18,25-26,30-32,36,43,47,49,59,63H,11-12,19-24,27-29H2,1-8H3,(H,58,65)(H,60,64)/t31-,32+,36-,43+,47-,49?/m1/s1. The van der Waals surface area contributed by atoms with Crippen LogP contribution in [-0.4, -0.2) is 119 Å². The maximum Gasteiger partial charge on any atom is 0.246 e. The number of halogens is 3. The Balaban J connectivity index is 0.833. The average Bonchev–Trinajstić information content (AvgIpc) is 4.02. The zero-order valence-corrected chi connectivity index (χ0v) is 42.2. The molecule has 6 atom stereocenters. The fraction of sp³-hybridized carbons (Fsp3) is 0.509. The number of para-hydroxylation sites is 1. The molecule has 1 fully saturated rings. The number of benzene rings is 3. The highest BCUT2D eigenvalue weighted by atomic mass is 32.1. The maximum absolute atomic E-state index is 16.0. The molecule has 3 aromatic carbocycles. The number of ether oxygens (including phenoxy) is 3. The van der Waals surface area contributed by atoms with Crippen LogP contribution in [-0.2, 0) is 30.3 Å². The number of aromatic nitrogens is 2. The summed E-state index contributed by atoms with van der Waals surface area (Å²) < 4.78 is 64.3. The SMILES string of the molecule is Cc1ncsc1-c1ccc([C@H](C)NC(=O)[C@@H]2C[C@@H](O)CN2C(=O)C(NC(=O)COCCCOCCCOc2cc(F)c([C@@H]3c4[nH]c5ccccc5c4C[C@@H](C)N3CC(C)(C)F)c(F)c2)C(C)(C)C)cc1. The third-order valence-corrected chi connectivity index (χ3v) is 14.0. The predicted molar refractivity (Wildman–Crippen MR) is 264 cm³/mol. The Morgan fingerprint density at radius 1 is 0.957 bits per heavy atom. The van der Waals surface area contributed by atoms with Crippen molar-refractivity contribution in [2.75, 3.05) is 46.1 Å². The number of likely N-dealkylation sites (tertiary alicyclic amines) is 1. The number of alkyl halides is 1. The lowest BCUT2D eigenvalue weighted by molar-refractivity contribution is -0.144. The van der Waals surface area contributed by atoms with Crippen LogP contribution in [0.2, 0.25) is 0 Å². The summed E-state index contributed by atoms with van der Waals surface area (Å²) in [5.74, 6) is -2.89. The third-order valence-electron chi connectivity index (χ3n) is 13.0. The molecule has 0 radical (unpaired) electrons. The fourth-order valence-electron chi connectivity index (χ4n) is 9.50. The Kier molecular flexibility index (Phi) is 16.8. The molecule has 17 heteroatoms. The zero-order chi connectivity index (χ0) is 50.5. The number of carbonyl (C=O) groups is 3. The number of amides is 3. The van der Waals surface area contributed by atoms with Crippen LogP contribution in [0.3, 0.4) is 0 Å². The van der Waals surface area contributed by atoms with Crippen molar-refractivity contribution in [1.29, 1.82) is 0 Å². The minimum atomic E-state index is -1.61. The second-order valence-electron chi connectivity index (χ2n) is 20.3. The molecule has 1 unspecified atom stereocenters. The van der Waals surface area contributed by atoms with Crippen LogP contribution < -0.4 is 15.4 Å². The number of H-pyrrole nitrogens is 1. The van der Waals surface area contributed by atoms with Gasteiger partial charge in [-0.3, -0.25) is 19.3 Å². The maximum atomic E-state index is 16.0. The molecule has 0 aliphatic carbocycles. The van der Waals surface area contributed by atoms with Crippen molar-refractivity contribution >= 4 is 40.0 Å². The first-order valence-corrected chi connectivity index (χ1v) is 25.0. The highest BCUT2D eigenvalue weighted by Gasteiger charge is 2.45. The van der Waals surface area contributed by atoms with E-state index in [4.69, 9.17) is 14.2 Å². The van der Waals surface area contributed by atoms with Gasteiger partial charge in [0.1, 0.15) is 41.7 Å². The molecule has 13 nitrogen and oxygen atoms in total. The minimum Gasteiger partial charge on any atom is -0.493 e. The Morgan fingerprint density at radius 2 is 1.63 bits per heavy atom. The highest BCUT2D eigenvalue weighted by Crippen LogP contribution is 2.44. The number of carbonyl (C=O) groups excluding carboxylic acids is 3. The van der Waals surface area contributed by atoms with Crippen LogP contribution in [0.1, 0.15) is 108 Å². The Bertz CT molecular complexity index is 2590. The van der Waals surface area contributed by atoms with Crippen molar-refractivity contribution in [3.05, 3.63) is 106 Å². The zero-order valence-electron chi connectivity index (χ0n) is 41.4. The number of aliphatic hydroxyl groups excluding tert-OH is 1. The first-order valence-electron chi connectivity index (χ1n) is 24.1. The van der Waals surface area contributed by atoms with Gasteiger partial charge in [0.25, 0.3) is 0 Å². The molecule has 7 rings (SSSR count). The van der Waals surface area contributed by atoms with E-state index in [1.54, 1.807) is 16.8 Å². The van der Waals surface area contributed by atoms with Gasteiger partial charge in [-0.15, -0.1) is 11.3 Å². The second kappa shape index (κ2) is 22.4. The molecule has 4 heterocycles. The molecule has 0 saturated carbocycles. The average molecular weight is 989 g/mol. The first-order chi connectivity index (χ1) is 33.2. The van der Waals surface area contributed by atoms with Gasteiger partial charge in [-0.25, -0.2) is 18.2 Å². The largest absolute Gasteiger partial charge is 0.493 e. The molecular formula is C53H67F3N6O7S. The quantitative estimate of drug-likeness (QED) is 0.0562. The van der Waals surface area contributed by atoms with Crippen molar-refractivity contribution in [1.82, 2.24) is 30.4 Å². The molecule has 2 aliphatic rings. The van der Waals surface area contributed by atoms with E-state index in [0.29, 0.717) is 38.2 Å². The van der Waals surface area contributed by atoms with E-state index in [9.17, 15) is 19.5 Å². The van der Waals surface area contributed by atoms with Gasteiger partial charge in [0.05, 0.1) is 40.9 Å². The number of aliphatic hydroxyl groups is 1. The first kappa shape index (κ1) is 52.5. The molecule has 1 saturated heterocycles. The molecule has 2 aromatic heterocycles. The summed E-state index contributed by atoms with van der Waals surface area (Å²) in [6.45, 7) is 14.8. The van der Waals surface area contributed by atoms with Gasteiger partial charge in [0.15, 0.2) is 0 Å². The molecular weight excluding hydrogens is 922 g/mol. The monoisotopic (exact) mass is 988 g/mol. The van der Waals surface area contributed by atoms with Gasteiger partial charge >= 0.3 is 0 Å². The molecule has 70 heavy (non-hydrogen) atoms. The van der Waals surface area contributed by atoms with E-state index in [1.165, 1.54) is 30.9 Å². The summed E-state index contributed by atoms with van der Waals surface area (Å²) in [6.07, 6.45) is 0.682. The number of rotatable bonds is 20. The summed E-state index contributed by atoms with van der Waals surface area (Å²) in [7, 11) is 0. The second-order valence-corrected chi connectivity index (χ2v) is 21.2. The van der Waals surface area contributed by atoms with Gasteiger partial charge in [0.2, 0.25) is 17.7 Å². The topological polar surface area (TPSA) is 158 Å². The molecule has 0 spiro atoms. The van der Waals surface area contributed by atoms with Crippen molar-refractivity contribution in [3.8, 4) is 16.2 Å². The third kappa shape index (κ3) is 12.6. The van der Waals surface area contributed by atoms with Crippen LogP contribution in [0.25, 0.3) is 21.3 Å². The molecule has 2 aliphatic heterocycles. The van der Waals surface area contributed by atoms with Crippen LogP contribution in [0.15, 0.2) is 66.2 Å². The van der Waals surface area contributed by atoms with Crippen LogP contribution in [0.4, 0.5) is 13.2 Å². The number of thiazole rings is 1. The number of nitrogens with zero attached hydrogens (tertiary/aromatic N) is 3. The van der Waals surface area contributed by atoms with Crippen molar-refractivity contribution in [2.24, 2.45) is 5.41 Å². The number of aromatic amines is 1. The molecule has 378 valence electrons. The van der Waals surface area contributed by atoms with Gasteiger partial charge in [0, 0.05) is 86.1 Å². The van der Waals surface area contributed by atoms with E-state index in [0.717, 1.165) is 38.2 Å². The van der Waals surface area contributed by atoms with Crippen molar-refractivity contribution in [2.45, 2.75) is 123 Å². The number of β-amino-alcohol motifs (C(OH)–C–C–N with tert-alkyl or cyclic N) is 1. The lowest BCUT2D eigenvalue weighted by Gasteiger charge is -2.43. The van der Waals surface area contributed by atoms with Crippen LogP contribution in [0.5, 0.6) is 5.75 Å². The van der Waals surface area contributed by atoms with E-state index < -0.39 is 64.7 Å². The smallest absolute Gasteiger partial charge is 0.246 e. The summed E-state index contributed by atoms with van der Waals surface area (Å²) in [5.41, 5.74) is 4.66.